The average molecular weight is 260 g/mol. The first-order chi connectivity index (χ1) is 8.65. The molecule has 0 fully saturated rings. The SMILES string of the molecule is O=[N+]([O-])c1cccc(/C=C/c2ccc(Cl)cc2)c1. The van der Waals surface area contributed by atoms with Gasteiger partial charge in [0.25, 0.3) is 5.69 Å². The predicted molar refractivity (Wildman–Crippen MR) is 73.5 cm³/mol. The Kier molecular flexibility index (Phi) is 3.75. The number of benzene rings is 2. The van der Waals surface area contributed by atoms with Crippen molar-refractivity contribution in [3.05, 3.63) is 74.8 Å². The molecule has 0 amide bonds. The summed E-state index contributed by atoms with van der Waals surface area (Å²) in [5.41, 5.74) is 1.87. The molecule has 0 aliphatic heterocycles. The van der Waals surface area contributed by atoms with E-state index < -0.39 is 4.92 Å². The molecule has 0 aromatic heterocycles. The van der Waals surface area contributed by atoms with Crippen LogP contribution in [0.15, 0.2) is 48.5 Å². The number of halogens is 1. The average Bonchev–Trinajstić information content (AvgIpc) is 2.38. The first kappa shape index (κ1) is 12.3. The zero-order valence-corrected chi connectivity index (χ0v) is 10.2. The van der Waals surface area contributed by atoms with Crippen LogP contribution in [0.1, 0.15) is 11.1 Å². The van der Waals surface area contributed by atoms with E-state index in [0.717, 1.165) is 11.1 Å². The summed E-state index contributed by atoms with van der Waals surface area (Å²) in [4.78, 5) is 10.2. The normalized spacial score (nSPS) is 10.7. The highest BCUT2D eigenvalue weighted by atomic mass is 35.5. The zero-order chi connectivity index (χ0) is 13.0. The highest BCUT2D eigenvalue weighted by Crippen LogP contribution is 2.16. The van der Waals surface area contributed by atoms with Gasteiger partial charge >= 0.3 is 0 Å². The Balaban J connectivity index is 2.20. The summed E-state index contributed by atoms with van der Waals surface area (Å²) in [6.07, 6.45) is 3.71. The molecule has 3 nitrogen and oxygen atoms in total. The molecule has 0 saturated heterocycles. The third-order valence-corrected chi connectivity index (χ3v) is 2.67. The molecular weight excluding hydrogens is 250 g/mol. The maximum atomic E-state index is 10.6. The molecule has 0 atom stereocenters. The molecule has 90 valence electrons. The minimum atomic E-state index is -0.403. The molecule has 0 spiro atoms. The number of nitro groups is 1. The first-order valence-corrected chi connectivity index (χ1v) is 5.71. The lowest BCUT2D eigenvalue weighted by molar-refractivity contribution is -0.384. The predicted octanol–water partition coefficient (Wildman–Crippen LogP) is 4.42. The third-order valence-electron chi connectivity index (χ3n) is 2.42. The minimum absolute atomic E-state index is 0.0910. The molecule has 0 radical (unpaired) electrons. The number of hydrogen-bond donors (Lipinski definition) is 0. The summed E-state index contributed by atoms with van der Waals surface area (Å²) in [5, 5.41) is 11.3. The van der Waals surface area contributed by atoms with Crippen LogP contribution in [0.4, 0.5) is 5.69 Å². The minimum Gasteiger partial charge on any atom is -0.258 e. The Morgan fingerprint density at radius 3 is 2.33 bits per heavy atom. The van der Waals surface area contributed by atoms with Gasteiger partial charge < -0.3 is 0 Å². The fourth-order valence-corrected chi connectivity index (χ4v) is 1.63. The van der Waals surface area contributed by atoms with Crippen molar-refractivity contribution in [2.24, 2.45) is 0 Å². The fraction of sp³-hybridized carbons (Fsp3) is 0. The van der Waals surface area contributed by atoms with Gasteiger partial charge in [-0.15, -0.1) is 0 Å². The maximum absolute atomic E-state index is 10.6. The maximum Gasteiger partial charge on any atom is 0.270 e. The quantitative estimate of drug-likeness (QED) is 0.465. The lowest BCUT2D eigenvalue weighted by Gasteiger charge is -1.96. The van der Waals surface area contributed by atoms with E-state index in [1.807, 2.05) is 30.4 Å². The number of non-ortho nitro benzene ring substituents is 1. The van der Waals surface area contributed by atoms with E-state index in [-0.39, 0.29) is 5.69 Å². The van der Waals surface area contributed by atoms with E-state index >= 15 is 0 Å². The van der Waals surface area contributed by atoms with Gasteiger partial charge in [-0.05, 0) is 23.3 Å². The van der Waals surface area contributed by atoms with Gasteiger partial charge in [0.2, 0.25) is 0 Å². The van der Waals surface area contributed by atoms with E-state index in [4.69, 9.17) is 11.6 Å². The number of hydrogen-bond acceptors (Lipinski definition) is 2. The molecule has 0 unspecified atom stereocenters. The summed E-state index contributed by atoms with van der Waals surface area (Å²) >= 11 is 5.79. The molecule has 2 rings (SSSR count). The Morgan fingerprint density at radius 1 is 1.00 bits per heavy atom. The highest BCUT2D eigenvalue weighted by molar-refractivity contribution is 6.30. The van der Waals surface area contributed by atoms with Crippen molar-refractivity contribution in [1.82, 2.24) is 0 Å². The van der Waals surface area contributed by atoms with E-state index in [1.54, 1.807) is 18.2 Å². The fourth-order valence-electron chi connectivity index (χ4n) is 1.51. The zero-order valence-electron chi connectivity index (χ0n) is 9.42. The van der Waals surface area contributed by atoms with Crippen molar-refractivity contribution < 1.29 is 4.92 Å². The molecule has 4 heteroatoms. The summed E-state index contributed by atoms with van der Waals surface area (Å²) in [5.74, 6) is 0. The molecule has 0 saturated carbocycles. The summed E-state index contributed by atoms with van der Waals surface area (Å²) in [6.45, 7) is 0. The van der Waals surface area contributed by atoms with Crippen LogP contribution in [-0.4, -0.2) is 4.92 Å². The Morgan fingerprint density at radius 2 is 1.67 bits per heavy atom. The molecule has 0 bridgehead atoms. The van der Waals surface area contributed by atoms with Gasteiger partial charge in [-0.2, -0.15) is 0 Å². The lowest BCUT2D eigenvalue weighted by atomic mass is 10.1. The van der Waals surface area contributed by atoms with Crippen LogP contribution >= 0.6 is 11.6 Å². The van der Waals surface area contributed by atoms with E-state index in [1.165, 1.54) is 12.1 Å². The van der Waals surface area contributed by atoms with Crippen molar-refractivity contribution >= 4 is 29.4 Å². The van der Waals surface area contributed by atoms with Gasteiger partial charge in [0, 0.05) is 17.2 Å². The summed E-state index contributed by atoms with van der Waals surface area (Å²) in [6, 6.07) is 13.9. The molecule has 0 aliphatic carbocycles. The largest absolute Gasteiger partial charge is 0.270 e. The standard InChI is InChI=1S/C14H10ClNO2/c15-13-8-6-11(7-9-13)4-5-12-2-1-3-14(10-12)16(17)18/h1-10H/b5-4+. The first-order valence-electron chi connectivity index (χ1n) is 5.33. The number of nitrogens with zero attached hydrogens (tertiary/aromatic N) is 1. The highest BCUT2D eigenvalue weighted by Gasteiger charge is 2.03. The van der Waals surface area contributed by atoms with Crippen molar-refractivity contribution in [2.75, 3.05) is 0 Å². The molecule has 2 aromatic carbocycles. The van der Waals surface area contributed by atoms with E-state index in [2.05, 4.69) is 0 Å². The molecule has 0 heterocycles. The monoisotopic (exact) mass is 259 g/mol. The van der Waals surface area contributed by atoms with Gasteiger partial charge in [-0.1, -0.05) is 48.0 Å². The van der Waals surface area contributed by atoms with Crippen LogP contribution in [0.5, 0.6) is 0 Å². The molecule has 2 aromatic rings. The van der Waals surface area contributed by atoms with Crippen molar-refractivity contribution in [2.45, 2.75) is 0 Å². The molecule has 0 N–H and O–H groups in total. The van der Waals surface area contributed by atoms with Gasteiger partial charge in [0.05, 0.1) is 4.92 Å². The second-order valence-corrected chi connectivity index (χ2v) is 4.17. The van der Waals surface area contributed by atoms with Crippen LogP contribution in [-0.2, 0) is 0 Å². The second-order valence-electron chi connectivity index (χ2n) is 3.74. The summed E-state index contributed by atoms with van der Waals surface area (Å²) < 4.78 is 0. The molecule has 18 heavy (non-hydrogen) atoms. The van der Waals surface area contributed by atoms with Gasteiger partial charge in [0.1, 0.15) is 0 Å². The summed E-state index contributed by atoms with van der Waals surface area (Å²) in [7, 11) is 0. The van der Waals surface area contributed by atoms with Crippen molar-refractivity contribution in [3.8, 4) is 0 Å². The number of nitro benzene ring substituents is 1. The van der Waals surface area contributed by atoms with Gasteiger partial charge in [-0.25, -0.2) is 0 Å². The van der Waals surface area contributed by atoms with E-state index in [0.29, 0.717) is 5.02 Å². The smallest absolute Gasteiger partial charge is 0.258 e. The van der Waals surface area contributed by atoms with Gasteiger partial charge in [-0.3, -0.25) is 10.1 Å². The Labute approximate surface area is 109 Å². The van der Waals surface area contributed by atoms with Crippen molar-refractivity contribution in [1.29, 1.82) is 0 Å². The van der Waals surface area contributed by atoms with Crippen LogP contribution in [0, 0.1) is 10.1 Å². The number of rotatable bonds is 3. The molecular formula is C14H10ClNO2. The third kappa shape index (κ3) is 3.18. The second kappa shape index (κ2) is 5.47. The Hall–Kier alpha value is -2.13. The van der Waals surface area contributed by atoms with Crippen LogP contribution in [0.25, 0.3) is 12.2 Å². The van der Waals surface area contributed by atoms with Crippen LogP contribution < -0.4 is 0 Å². The van der Waals surface area contributed by atoms with Crippen LogP contribution in [0.3, 0.4) is 0 Å². The topological polar surface area (TPSA) is 43.1 Å². The lowest BCUT2D eigenvalue weighted by Crippen LogP contribution is -1.87. The van der Waals surface area contributed by atoms with Crippen molar-refractivity contribution in [3.63, 3.8) is 0 Å². The van der Waals surface area contributed by atoms with Gasteiger partial charge in [0.15, 0.2) is 0 Å². The van der Waals surface area contributed by atoms with E-state index in [9.17, 15) is 10.1 Å². The van der Waals surface area contributed by atoms with Crippen LogP contribution in [0.2, 0.25) is 5.02 Å². The molecule has 0 aliphatic rings. The Bertz CT molecular complexity index is 591.